The van der Waals surface area contributed by atoms with Gasteiger partial charge in [0.05, 0.1) is 5.69 Å². The molecule has 0 spiro atoms. The molecule has 2 rings (SSSR count). The standard InChI is InChI=1S/C11H9N2O3/c14-11-3-1-2-8-12(11)9-4-6-10(7-5-9)13(15)16/h1-8,15H/q-1. The highest BCUT2D eigenvalue weighted by Gasteiger charge is 1.98. The van der Waals surface area contributed by atoms with E-state index >= 15 is 0 Å². The molecule has 5 nitrogen and oxygen atoms in total. The first-order valence-corrected chi connectivity index (χ1v) is 4.63. The van der Waals surface area contributed by atoms with Crippen molar-refractivity contribution < 1.29 is 5.21 Å². The van der Waals surface area contributed by atoms with Crippen molar-refractivity contribution in [3.05, 3.63) is 64.2 Å². The number of hydrogen-bond acceptors (Lipinski definition) is 4. The Bertz CT molecular complexity index is 531. The van der Waals surface area contributed by atoms with Crippen molar-refractivity contribution >= 4 is 5.69 Å². The first-order chi connectivity index (χ1) is 7.68. The van der Waals surface area contributed by atoms with E-state index in [4.69, 9.17) is 5.21 Å². The largest absolute Gasteiger partial charge is 0.733 e. The molecule has 0 bridgehead atoms. The van der Waals surface area contributed by atoms with E-state index in [1.54, 1.807) is 30.5 Å². The zero-order chi connectivity index (χ0) is 11.5. The predicted octanol–water partition coefficient (Wildman–Crippen LogP) is 1.53. The highest BCUT2D eigenvalue weighted by Crippen LogP contribution is 2.14. The SMILES string of the molecule is O=c1ccccn1-c1ccc(N([O-])O)cc1. The summed E-state index contributed by atoms with van der Waals surface area (Å²) in [5.74, 6) is 0. The highest BCUT2D eigenvalue weighted by atomic mass is 16.8. The van der Waals surface area contributed by atoms with E-state index in [1.807, 2.05) is 0 Å². The third-order valence-corrected chi connectivity index (χ3v) is 2.17. The average Bonchev–Trinajstić information content (AvgIpc) is 2.30. The van der Waals surface area contributed by atoms with Gasteiger partial charge in [0, 0.05) is 18.0 Å². The van der Waals surface area contributed by atoms with Crippen molar-refractivity contribution in [3.8, 4) is 5.69 Å². The van der Waals surface area contributed by atoms with Crippen LogP contribution in [0, 0.1) is 5.21 Å². The number of rotatable bonds is 2. The quantitative estimate of drug-likeness (QED) is 0.774. The predicted molar refractivity (Wildman–Crippen MR) is 59.7 cm³/mol. The highest BCUT2D eigenvalue weighted by molar-refractivity contribution is 5.49. The molecule has 82 valence electrons. The normalized spacial score (nSPS) is 10.1. The maximum Gasteiger partial charge on any atom is 0.255 e. The molecule has 0 amide bonds. The molecule has 1 N–H and O–H groups in total. The molecule has 0 aliphatic heterocycles. The van der Waals surface area contributed by atoms with Gasteiger partial charge in [-0.05, 0) is 30.3 Å². The minimum absolute atomic E-state index is 0.118. The zero-order valence-corrected chi connectivity index (χ0v) is 8.28. The number of hydrogen-bond donors (Lipinski definition) is 1. The Morgan fingerprint density at radius 3 is 2.38 bits per heavy atom. The van der Waals surface area contributed by atoms with Crippen LogP contribution in [0.25, 0.3) is 5.69 Å². The molecule has 0 saturated carbocycles. The summed E-state index contributed by atoms with van der Waals surface area (Å²) in [6.45, 7) is 0. The van der Waals surface area contributed by atoms with Crippen LogP contribution < -0.4 is 10.8 Å². The van der Waals surface area contributed by atoms with Crippen LogP contribution in [0.2, 0.25) is 0 Å². The first-order valence-electron chi connectivity index (χ1n) is 4.63. The molecule has 2 aromatic rings. The molecule has 0 aliphatic carbocycles. The molecule has 1 aromatic heterocycles. The Kier molecular flexibility index (Phi) is 2.72. The molecule has 5 heteroatoms. The van der Waals surface area contributed by atoms with Gasteiger partial charge in [-0.15, -0.1) is 0 Å². The lowest BCUT2D eigenvalue weighted by Crippen LogP contribution is -2.15. The Labute approximate surface area is 91.3 Å². The van der Waals surface area contributed by atoms with E-state index < -0.39 is 0 Å². The molecule has 0 saturated heterocycles. The summed E-state index contributed by atoms with van der Waals surface area (Å²) in [5.41, 5.74) is 0.599. The third-order valence-electron chi connectivity index (χ3n) is 2.17. The minimum Gasteiger partial charge on any atom is -0.733 e. The average molecular weight is 217 g/mol. The van der Waals surface area contributed by atoms with Gasteiger partial charge in [0.15, 0.2) is 0 Å². The van der Waals surface area contributed by atoms with Gasteiger partial charge >= 0.3 is 0 Å². The summed E-state index contributed by atoms with van der Waals surface area (Å²) < 4.78 is 1.44. The zero-order valence-electron chi connectivity index (χ0n) is 8.28. The smallest absolute Gasteiger partial charge is 0.255 e. The fourth-order valence-corrected chi connectivity index (χ4v) is 1.38. The Hall–Kier alpha value is -2.11. The van der Waals surface area contributed by atoms with Crippen molar-refractivity contribution in [2.24, 2.45) is 0 Å². The minimum atomic E-state index is -0.225. The topological polar surface area (TPSA) is 68.5 Å². The molecule has 0 radical (unpaired) electrons. The second-order valence-electron chi connectivity index (χ2n) is 3.20. The van der Waals surface area contributed by atoms with Crippen molar-refractivity contribution in [1.82, 2.24) is 4.57 Å². The van der Waals surface area contributed by atoms with E-state index in [1.165, 1.54) is 22.8 Å². The molecule has 0 unspecified atom stereocenters. The number of pyridine rings is 1. The van der Waals surface area contributed by atoms with Gasteiger partial charge in [-0.1, -0.05) is 6.07 Å². The second kappa shape index (κ2) is 4.18. The lowest BCUT2D eigenvalue weighted by molar-refractivity contribution is 0.296. The maximum absolute atomic E-state index is 11.5. The van der Waals surface area contributed by atoms with Crippen LogP contribution in [-0.4, -0.2) is 9.77 Å². The summed E-state index contributed by atoms with van der Waals surface area (Å²) in [6.07, 6.45) is 1.63. The van der Waals surface area contributed by atoms with Crippen LogP contribution in [0.5, 0.6) is 0 Å². The monoisotopic (exact) mass is 217 g/mol. The van der Waals surface area contributed by atoms with Gasteiger partial charge < -0.3 is 10.4 Å². The summed E-state index contributed by atoms with van der Waals surface area (Å²) in [6, 6.07) is 10.9. The van der Waals surface area contributed by atoms with E-state index in [9.17, 15) is 10.0 Å². The number of benzene rings is 1. The first kappa shape index (κ1) is 10.4. The summed E-state index contributed by atoms with van der Waals surface area (Å²) in [4.78, 5) is 11.5. The maximum atomic E-state index is 11.5. The number of anilines is 1. The fourth-order valence-electron chi connectivity index (χ4n) is 1.38. The number of nitrogens with zero attached hydrogens (tertiary/aromatic N) is 2. The van der Waals surface area contributed by atoms with Crippen LogP contribution in [0.4, 0.5) is 5.69 Å². The van der Waals surface area contributed by atoms with Crippen molar-refractivity contribution in [2.75, 3.05) is 5.23 Å². The van der Waals surface area contributed by atoms with Crippen LogP contribution >= 0.6 is 0 Å². The molecule has 1 heterocycles. The van der Waals surface area contributed by atoms with E-state index in [2.05, 4.69) is 0 Å². The van der Waals surface area contributed by atoms with Crippen LogP contribution in [0.1, 0.15) is 0 Å². The van der Waals surface area contributed by atoms with E-state index in [-0.39, 0.29) is 16.5 Å². The summed E-state index contributed by atoms with van der Waals surface area (Å²) in [5, 5.41) is 19.0. The van der Waals surface area contributed by atoms with Gasteiger partial charge in [0.1, 0.15) is 0 Å². The fraction of sp³-hybridized carbons (Fsp3) is 0. The van der Waals surface area contributed by atoms with Gasteiger partial charge in [-0.2, -0.15) is 0 Å². The Balaban J connectivity index is 2.43. The molecule has 0 atom stereocenters. The van der Waals surface area contributed by atoms with Crippen LogP contribution in [-0.2, 0) is 0 Å². The lowest BCUT2D eigenvalue weighted by atomic mass is 10.3. The van der Waals surface area contributed by atoms with Gasteiger partial charge in [0.2, 0.25) is 0 Å². The molecular formula is C11H9N2O3-. The van der Waals surface area contributed by atoms with Crippen LogP contribution in [0.3, 0.4) is 0 Å². The molecule has 1 aromatic carbocycles. The molecule has 0 fully saturated rings. The summed E-state index contributed by atoms with van der Waals surface area (Å²) in [7, 11) is 0. The summed E-state index contributed by atoms with van der Waals surface area (Å²) >= 11 is 0. The van der Waals surface area contributed by atoms with E-state index in [0.29, 0.717) is 5.69 Å². The molecule has 0 aliphatic rings. The van der Waals surface area contributed by atoms with Crippen LogP contribution in [0.15, 0.2) is 53.5 Å². The van der Waals surface area contributed by atoms with Crippen molar-refractivity contribution in [1.29, 1.82) is 0 Å². The molecular weight excluding hydrogens is 208 g/mol. The van der Waals surface area contributed by atoms with Crippen molar-refractivity contribution in [3.63, 3.8) is 0 Å². The second-order valence-corrected chi connectivity index (χ2v) is 3.20. The Morgan fingerprint density at radius 1 is 1.12 bits per heavy atom. The lowest BCUT2D eigenvalue weighted by Gasteiger charge is -2.21. The van der Waals surface area contributed by atoms with Gasteiger partial charge in [-0.25, -0.2) is 0 Å². The Morgan fingerprint density at radius 2 is 1.81 bits per heavy atom. The van der Waals surface area contributed by atoms with Gasteiger partial charge in [-0.3, -0.25) is 14.6 Å². The third kappa shape index (κ3) is 1.95. The van der Waals surface area contributed by atoms with Crippen molar-refractivity contribution in [2.45, 2.75) is 0 Å². The van der Waals surface area contributed by atoms with Gasteiger partial charge in [0.25, 0.3) is 5.56 Å². The molecule has 16 heavy (non-hydrogen) atoms. The number of aromatic nitrogens is 1. The van der Waals surface area contributed by atoms with E-state index in [0.717, 1.165) is 0 Å².